The molecule has 1 saturated heterocycles. The molecule has 1 fully saturated rings. The summed E-state index contributed by atoms with van der Waals surface area (Å²) in [4.78, 5) is 26.1. The lowest BCUT2D eigenvalue weighted by atomic mass is 10.3. The molecule has 0 N–H and O–H groups in total. The Labute approximate surface area is 135 Å². The minimum Gasteiger partial charge on any atom is -0.468 e. The first-order valence-electron chi connectivity index (χ1n) is 7.35. The van der Waals surface area contributed by atoms with Crippen molar-refractivity contribution in [1.82, 2.24) is 14.1 Å². The SMILES string of the molecule is CS(=O)(=O)N(CCC(=O)N1CCN(C=O)CC1)Cc1ccco1. The first-order chi connectivity index (χ1) is 10.9. The predicted octanol–water partition coefficient (Wildman–Crippen LogP) is -0.268. The van der Waals surface area contributed by atoms with Crippen molar-refractivity contribution in [2.45, 2.75) is 13.0 Å². The second-order valence-electron chi connectivity index (χ2n) is 5.45. The summed E-state index contributed by atoms with van der Waals surface area (Å²) in [7, 11) is -3.43. The zero-order valence-electron chi connectivity index (χ0n) is 13.1. The zero-order chi connectivity index (χ0) is 16.9. The number of piperazine rings is 1. The van der Waals surface area contributed by atoms with Crippen LogP contribution in [-0.4, -0.2) is 73.8 Å². The van der Waals surface area contributed by atoms with Gasteiger partial charge >= 0.3 is 0 Å². The summed E-state index contributed by atoms with van der Waals surface area (Å²) >= 11 is 0. The lowest BCUT2D eigenvalue weighted by Gasteiger charge is -2.33. The Bertz CT molecular complexity index is 621. The minimum atomic E-state index is -3.43. The van der Waals surface area contributed by atoms with Crippen molar-refractivity contribution < 1.29 is 22.4 Å². The van der Waals surface area contributed by atoms with Crippen LogP contribution in [0.2, 0.25) is 0 Å². The molecule has 1 aliphatic heterocycles. The molecule has 0 aromatic carbocycles. The van der Waals surface area contributed by atoms with E-state index in [4.69, 9.17) is 4.42 Å². The molecule has 2 rings (SSSR count). The van der Waals surface area contributed by atoms with Crippen molar-refractivity contribution in [2.75, 3.05) is 39.0 Å². The molecule has 2 heterocycles. The number of amides is 2. The van der Waals surface area contributed by atoms with Gasteiger partial charge in [0, 0.05) is 39.1 Å². The Kier molecular flexibility index (Phi) is 5.78. The monoisotopic (exact) mass is 343 g/mol. The van der Waals surface area contributed by atoms with E-state index in [1.807, 2.05) is 0 Å². The first-order valence-corrected chi connectivity index (χ1v) is 9.19. The maximum atomic E-state index is 12.2. The molecule has 2 amide bonds. The topological polar surface area (TPSA) is 91.1 Å². The van der Waals surface area contributed by atoms with Crippen molar-refractivity contribution in [1.29, 1.82) is 0 Å². The van der Waals surface area contributed by atoms with E-state index in [0.29, 0.717) is 31.9 Å². The average molecular weight is 343 g/mol. The molecule has 0 unspecified atom stereocenters. The summed E-state index contributed by atoms with van der Waals surface area (Å²) in [5.41, 5.74) is 0. The van der Waals surface area contributed by atoms with E-state index >= 15 is 0 Å². The summed E-state index contributed by atoms with van der Waals surface area (Å²) in [5.74, 6) is 0.422. The van der Waals surface area contributed by atoms with Gasteiger partial charge < -0.3 is 14.2 Å². The van der Waals surface area contributed by atoms with E-state index in [1.165, 1.54) is 10.6 Å². The Hall–Kier alpha value is -1.87. The van der Waals surface area contributed by atoms with Crippen LogP contribution >= 0.6 is 0 Å². The van der Waals surface area contributed by atoms with Crippen LogP contribution in [0.3, 0.4) is 0 Å². The Morgan fingerprint density at radius 1 is 1.35 bits per heavy atom. The molecule has 0 bridgehead atoms. The third-order valence-corrected chi connectivity index (χ3v) is 5.02. The number of furan rings is 1. The van der Waals surface area contributed by atoms with Crippen LogP contribution in [0.15, 0.2) is 22.8 Å². The Balaban J connectivity index is 1.88. The number of nitrogens with zero attached hydrogens (tertiary/aromatic N) is 3. The van der Waals surface area contributed by atoms with Gasteiger partial charge in [-0.15, -0.1) is 0 Å². The van der Waals surface area contributed by atoms with Crippen molar-refractivity contribution in [3.8, 4) is 0 Å². The third kappa shape index (κ3) is 5.07. The molecule has 9 heteroatoms. The highest BCUT2D eigenvalue weighted by Crippen LogP contribution is 2.11. The molecule has 23 heavy (non-hydrogen) atoms. The second kappa shape index (κ2) is 7.60. The van der Waals surface area contributed by atoms with Crippen LogP contribution in [0.5, 0.6) is 0 Å². The first kappa shape index (κ1) is 17.5. The van der Waals surface area contributed by atoms with Gasteiger partial charge in [0.1, 0.15) is 5.76 Å². The Morgan fingerprint density at radius 3 is 2.57 bits per heavy atom. The number of sulfonamides is 1. The van der Waals surface area contributed by atoms with Crippen molar-refractivity contribution >= 4 is 22.3 Å². The molecule has 0 radical (unpaired) electrons. The molecular weight excluding hydrogens is 322 g/mol. The quantitative estimate of drug-likeness (QED) is 0.636. The van der Waals surface area contributed by atoms with E-state index in [-0.39, 0.29) is 25.4 Å². The van der Waals surface area contributed by atoms with E-state index < -0.39 is 10.0 Å². The Morgan fingerprint density at radius 2 is 2.04 bits per heavy atom. The van der Waals surface area contributed by atoms with Crippen LogP contribution in [-0.2, 0) is 26.2 Å². The number of carbonyl (C=O) groups excluding carboxylic acids is 2. The fourth-order valence-electron chi connectivity index (χ4n) is 2.39. The van der Waals surface area contributed by atoms with Gasteiger partial charge in [-0.05, 0) is 12.1 Å². The lowest BCUT2D eigenvalue weighted by Crippen LogP contribution is -2.48. The molecule has 128 valence electrons. The number of hydrogen-bond donors (Lipinski definition) is 0. The zero-order valence-corrected chi connectivity index (χ0v) is 13.9. The van der Waals surface area contributed by atoms with Crippen molar-refractivity contribution in [3.05, 3.63) is 24.2 Å². The fraction of sp³-hybridized carbons (Fsp3) is 0.571. The third-order valence-electron chi connectivity index (χ3n) is 3.77. The smallest absolute Gasteiger partial charge is 0.224 e. The second-order valence-corrected chi connectivity index (χ2v) is 7.43. The largest absolute Gasteiger partial charge is 0.468 e. The summed E-state index contributed by atoms with van der Waals surface area (Å²) in [6.45, 7) is 2.20. The summed E-state index contributed by atoms with van der Waals surface area (Å²) in [6, 6.07) is 3.38. The highest BCUT2D eigenvalue weighted by Gasteiger charge is 2.23. The molecule has 0 saturated carbocycles. The maximum Gasteiger partial charge on any atom is 0.224 e. The van der Waals surface area contributed by atoms with E-state index in [9.17, 15) is 18.0 Å². The van der Waals surface area contributed by atoms with Crippen LogP contribution in [0.25, 0.3) is 0 Å². The molecule has 1 aromatic heterocycles. The molecule has 0 aliphatic carbocycles. The number of hydrogen-bond acceptors (Lipinski definition) is 5. The van der Waals surface area contributed by atoms with Crippen LogP contribution < -0.4 is 0 Å². The van der Waals surface area contributed by atoms with E-state index in [1.54, 1.807) is 21.9 Å². The van der Waals surface area contributed by atoms with Gasteiger partial charge in [-0.2, -0.15) is 4.31 Å². The van der Waals surface area contributed by atoms with Crippen molar-refractivity contribution in [2.24, 2.45) is 0 Å². The predicted molar refractivity (Wildman–Crippen MR) is 82.8 cm³/mol. The van der Waals surface area contributed by atoms with Crippen LogP contribution in [0.1, 0.15) is 12.2 Å². The van der Waals surface area contributed by atoms with Gasteiger partial charge in [0.25, 0.3) is 0 Å². The van der Waals surface area contributed by atoms with Crippen LogP contribution in [0, 0.1) is 0 Å². The minimum absolute atomic E-state index is 0.103. The average Bonchev–Trinajstić information content (AvgIpc) is 3.03. The van der Waals surface area contributed by atoms with Gasteiger partial charge in [-0.25, -0.2) is 8.42 Å². The highest BCUT2D eigenvalue weighted by atomic mass is 32.2. The normalized spacial score (nSPS) is 15.9. The molecule has 1 aromatic rings. The van der Waals surface area contributed by atoms with Crippen LogP contribution in [0.4, 0.5) is 0 Å². The molecule has 0 spiro atoms. The van der Waals surface area contributed by atoms with Gasteiger partial charge in [-0.1, -0.05) is 0 Å². The summed E-state index contributed by atoms with van der Waals surface area (Å²) in [5, 5.41) is 0. The van der Waals surface area contributed by atoms with Gasteiger partial charge in [0.2, 0.25) is 22.3 Å². The summed E-state index contributed by atoms with van der Waals surface area (Å²) < 4.78 is 30.1. The number of rotatable bonds is 7. The molecular formula is C14H21N3O5S. The van der Waals surface area contributed by atoms with E-state index in [2.05, 4.69) is 0 Å². The van der Waals surface area contributed by atoms with Gasteiger partial charge in [0.05, 0.1) is 19.1 Å². The maximum absolute atomic E-state index is 12.2. The number of carbonyl (C=O) groups is 2. The summed E-state index contributed by atoms with van der Waals surface area (Å²) in [6.07, 6.45) is 3.47. The highest BCUT2D eigenvalue weighted by molar-refractivity contribution is 7.88. The van der Waals surface area contributed by atoms with Crippen molar-refractivity contribution in [3.63, 3.8) is 0 Å². The fourth-order valence-corrected chi connectivity index (χ4v) is 3.18. The molecule has 1 aliphatic rings. The lowest BCUT2D eigenvalue weighted by molar-refractivity contribution is -0.135. The van der Waals surface area contributed by atoms with Gasteiger partial charge in [0.15, 0.2) is 0 Å². The molecule has 0 atom stereocenters. The molecule has 8 nitrogen and oxygen atoms in total. The van der Waals surface area contributed by atoms with E-state index in [0.717, 1.165) is 12.7 Å². The standard InChI is InChI=1S/C14H21N3O5S/c1-23(20,21)17(11-13-3-2-10-22-13)5-4-14(19)16-8-6-15(12-18)7-9-16/h2-3,10,12H,4-9,11H2,1H3. The van der Waals surface area contributed by atoms with Gasteiger partial charge in [-0.3, -0.25) is 9.59 Å².